The van der Waals surface area contributed by atoms with Gasteiger partial charge in [0, 0.05) is 29.6 Å². The molecule has 2 aliphatic rings. The van der Waals surface area contributed by atoms with Crippen LogP contribution in [0.5, 0.6) is 0 Å². The summed E-state index contributed by atoms with van der Waals surface area (Å²) in [5, 5.41) is -0.284. The maximum absolute atomic E-state index is 11.4. The summed E-state index contributed by atoms with van der Waals surface area (Å²) in [6, 6.07) is 0. The number of hydrogen-bond donors (Lipinski definition) is 0. The Morgan fingerprint density at radius 1 is 1.38 bits per heavy atom. The Kier molecular flexibility index (Phi) is 4.86. The van der Waals surface area contributed by atoms with Gasteiger partial charge in [-0.15, -0.1) is 0 Å². The van der Waals surface area contributed by atoms with Gasteiger partial charge in [-0.25, -0.2) is 0 Å². The molecule has 0 aromatic rings. The normalized spacial score (nSPS) is 28.8. The van der Waals surface area contributed by atoms with E-state index in [0.29, 0.717) is 6.61 Å². The summed E-state index contributed by atoms with van der Waals surface area (Å²) >= 11 is 0. The summed E-state index contributed by atoms with van der Waals surface area (Å²) in [5.74, 6) is -0.628. The van der Waals surface area contributed by atoms with Crippen molar-refractivity contribution in [3.05, 3.63) is 0 Å². The third-order valence-electron chi connectivity index (χ3n) is 2.42. The molecule has 2 rings (SSSR count). The van der Waals surface area contributed by atoms with Crippen molar-refractivity contribution in [1.82, 2.24) is 0 Å². The first-order chi connectivity index (χ1) is 6.89. The molecular formula is C9H16NaO5S. The van der Waals surface area contributed by atoms with E-state index in [-0.39, 0.29) is 47.5 Å². The molecular weight excluding hydrogens is 243 g/mol. The zero-order chi connectivity index (χ0) is 11.1. The van der Waals surface area contributed by atoms with Crippen LogP contribution in [0.1, 0.15) is 26.7 Å². The second-order valence-electron chi connectivity index (χ2n) is 4.43. The molecule has 0 bridgehead atoms. The van der Waals surface area contributed by atoms with Gasteiger partial charge >= 0.3 is 0 Å². The fourth-order valence-corrected chi connectivity index (χ4v) is 2.72. The van der Waals surface area contributed by atoms with Crippen molar-refractivity contribution in [2.45, 2.75) is 43.8 Å². The van der Waals surface area contributed by atoms with Crippen molar-refractivity contribution in [2.75, 3.05) is 13.2 Å². The van der Waals surface area contributed by atoms with Crippen LogP contribution in [0.15, 0.2) is 0 Å². The Morgan fingerprint density at radius 3 is 2.44 bits per heavy atom. The number of hydrogen-bond acceptors (Lipinski definition) is 5. The first-order valence-corrected chi connectivity index (χ1v) is 6.56. The van der Waals surface area contributed by atoms with Gasteiger partial charge in [0.15, 0.2) is 5.79 Å². The molecule has 2 fully saturated rings. The standard InChI is InChI=1S/C9H16O5S.Na/c1-9(2)12-5-7(14-9)6-13-15(10,11)8-3-4-8;/h7-8H,3-6H2,1-2H3;/t7-;/m1./s1. The monoisotopic (exact) mass is 259 g/mol. The van der Waals surface area contributed by atoms with Crippen molar-refractivity contribution in [2.24, 2.45) is 0 Å². The van der Waals surface area contributed by atoms with Crippen LogP contribution in [0.4, 0.5) is 0 Å². The molecule has 1 radical (unpaired) electrons. The largest absolute Gasteiger partial charge is 0.348 e. The molecule has 16 heavy (non-hydrogen) atoms. The van der Waals surface area contributed by atoms with Crippen LogP contribution in [0.25, 0.3) is 0 Å². The van der Waals surface area contributed by atoms with Crippen LogP contribution in [-0.2, 0) is 23.8 Å². The van der Waals surface area contributed by atoms with E-state index in [1.165, 1.54) is 0 Å². The minimum atomic E-state index is -3.35. The van der Waals surface area contributed by atoms with E-state index in [1.807, 2.05) is 0 Å². The van der Waals surface area contributed by atoms with Gasteiger partial charge in [-0.1, -0.05) is 0 Å². The Labute approximate surface area is 118 Å². The summed E-state index contributed by atoms with van der Waals surface area (Å²) in [6.45, 7) is 4.03. The van der Waals surface area contributed by atoms with E-state index < -0.39 is 15.9 Å². The summed E-state index contributed by atoms with van der Waals surface area (Å²) in [5.41, 5.74) is 0. The van der Waals surface area contributed by atoms with Crippen molar-refractivity contribution >= 4 is 39.7 Å². The summed E-state index contributed by atoms with van der Waals surface area (Å²) in [4.78, 5) is 0. The predicted molar refractivity (Wildman–Crippen MR) is 58.6 cm³/mol. The average Bonchev–Trinajstić information content (AvgIpc) is 2.89. The molecule has 0 aromatic heterocycles. The Morgan fingerprint density at radius 2 is 2.00 bits per heavy atom. The molecule has 1 aliphatic heterocycles. The van der Waals surface area contributed by atoms with E-state index >= 15 is 0 Å². The zero-order valence-corrected chi connectivity index (χ0v) is 12.7. The molecule has 0 aromatic carbocycles. The molecule has 7 heteroatoms. The first kappa shape index (κ1) is 14.9. The van der Waals surface area contributed by atoms with Gasteiger partial charge < -0.3 is 9.47 Å². The van der Waals surface area contributed by atoms with Crippen LogP contribution < -0.4 is 0 Å². The summed E-state index contributed by atoms with van der Waals surface area (Å²) in [7, 11) is -3.35. The second-order valence-corrected chi connectivity index (χ2v) is 6.32. The van der Waals surface area contributed by atoms with Gasteiger partial charge in [0.05, 0.1) is 18.5 Å². The van der Waals surface area contributed by atoms with Crippen LogP contribution >= 0.6 is 0 Å². The Hall–Kier alpha value is 0.830. The van der Waals surface area contributed by atoms with E-state index in [4.69, 9.17) is 13.7 Å². The molecule has 0 spiro atoms. The molecule has 0 amide bonds. The fourth-order valence-electron chi connectivity index (χ4n) is 1.47. The number of rotatable bonds is 4. The average molecular weight is 259 g/mol. The fraction of sp³-hybridized carbons (Fsp3) is 1.00. The third kappa shape index (κ3) is 3.94. The molecule has 89 valence electrons. The van der Waals surface area contributed by atoms with Gasteiger partial charge in [0.2, 0.25) is 0 Å². The molecule has 1 saturated heterocycles. The summed E-state index contributed by atoms with van der Waals surface area (Å²) < 4.78 is 38.4. The van der Waals surface area contributed by atoms with Gasteiger partial charge in [0.1, 0.15) is 6.10 Å². The molecule has 1 aliphatic carbocycles. The smallest absolute Gasteiger partial charge is 0.270 e. The first-order valence-electron chi connectivity index (χ1n) is 5.09. The van der Waals surface area contributed by atoms with Crippen molar-refractivity contribution in [3.63, 3.8) is 0 Å². The molecule has 1 heterocycles. The molecule has 1 atom stereocenters. The minimum Gasteiger partial charge on any atom is -0.348 e. The maximum atomic E-state index is 11.4. The third-order valence-corrected chi connectivity index (χ3v) is 4.17. The SMILES string of the molecule is CC1(C)OC[C@H](COS(=O)(=O)C2CC2)O1.[Na]. The van der Waals surface area contributed by atoms with Gasteiger partial charge in [-0.2, -0.15) is 8.42 Å². The number of ether oxygens (including phenoxy) is 2. The topological polar surface area (TPSA) is 61.8 Å². The van der Waals surface area contributed by atoms with Gasteiger partial charge in [-0.3, -0.25) is 4.18 Å². The molecule has 0 N–H and O–H groups in total. The Balaban J connectivity index is 0.00000128. The van der Waals surface area contributed by atoms with E-state index in [9.17, 15) is 8.42 Å². The Bertz CT molecular complexity index is 336. The van der Waals surface area contributed by atoms with Crippen LogP contribution in [0.2, 0.25) is 0 Å². The quantitative estimate of drug-likeness (QED) is 0.535. The van der Waals surface area contributed by atoms with Gasteiger partial charge in [-0.05, 0) is 26.7 Å². The molecule has 1 saturated carbocycles. The zero-order valence-electron chi connectivity index (χ0n) is 9.93. The van der Waals surface area contributed by atoms with Crippen LogP contribution in [-0.4, -0.2) is 68.3 Å². The van der Waals surface area contributed by atoms with Gasteiger partial charge in [0.25, 0.3) is 10.1 Å². The predicted octanol–water partition coefficient (Wildman–Crippen LogP) is 0.266. The molecule has 0 unspecified atom stereocenters. The van der Waals surface area contributed by atoms with Crippen molar-refractivity contribution in [1.29, 1.82) is 0 Å². The maximum Gasteiger partial charge on any atom is 0.270 e. The minimum absolute atomic E-state index is 0. The van der Waals surface area contributed by atoms with E-state index in [1.54, 1.807) is 13.8 Å². The molecule has 5 nitrogen and oxygen atoms in total. The van der Waals surface area contributed by atoms with Crippen LogP contribution in [0, 0.1) is 0 Å². The van der Waals surface area contributed by atoms with E-state index in [2.05, 4.69) is 0 Å². The second kappa shape index (κ2) is 5.22. The van der Waals surface area contributed by atoms with Crippen molar-refractivity contribution < 1.29 is 22.1 Å². The van der Waals surface area contributed by atoms with Crippen LogP contribution in [0.3, 0.4) is 0 Å². The van der Waals surface area contributed by atoms with E-state index in [0.717, 1.165) is 12.8 Å². The summed E-state index contributed by atoms with van der Waals surface area (Å²) in [6.07, 6.45) is 1.15. The van der Waals surface area contributed by atoms with Crippen molar-refractivity contribution in [3.8, 4) is 0 Å².